The zero-order valence-corrected chi connectivity index (χ0v) is 12.1. The van der Waals surface area contributed by atoms with E-state index in [-0.39, 0.29) is 0 Å². The number of thiazole rings is 2. The number of halogens is 3. The molecule has 0 saturated heterocycles. The van der Waals surface area contributed by atoms with Gasteiger partial charge in [-0.05, 0) is 0 Å². The molecule has 92 valence electrons. The number of alkyl halides is 3. The highest BCUT2D eigenvalue weighted by molar-refractivity contribution is 7.14. The van der Waals surface area contributed by atoms with E-state index < -0.39 is 9.96 Å². The molecule has 0 atom stereocenters. The third-order valence-electron chi connectivity index (χ3n) is 1.73. The van der Waals surface area contributed by atoms with Crippen molar-refractivity contribution in [3.05, 3.63) is 23.2 Å². The summed E-state index contributed by atoms with van der Waals surface area (Å²) in [5, 5.41) is 11.0. The zero-order valence-electron chi connectivity index (χ0n) is 8.23. The van der Waals surface area contributed by atoms with Crippen molar-refractivity contribution in [2.75, 3.05) is 10.6 Å². The van der Waals surface area contributed by atoms with Crippen LogP contribution in [0, 0.1) is 0 Å². The van der Waals surface area contributed by atoms with E-state index in [1.807, 2.05) is 10.8 Å². The lowest BCUT2D eigenvalue weighted by Crippen LogP contribution is -2.40. The molecule has 2 N–H and O–H groups in total. The third kappa shape index (κ3) is 3.86. The van der Waals surface area contributed by atoms with Crippen molar-refractivity contribution >= 4 is 67.7 Å². The first-order chi connectivity index (χ1) is 8.05. The molecule has 0 unspecified atom stereocenters. The van der Waals surface area contributed by atoms with Crippen molar-refractivity contribution < 1.29 is 0 Å². The largest absolute Gasteiger partial charge is 0.338 e. The number of nitrogens with zero attached hydrogens (tertiary/aromatic N) is 2. The van der Waals surface area contributed by atoms with Crippen LogP contribution in [0.15, 0.2) is 23.2 Å². The Balaban J connectivity index is 2.09. The Bertz CT molecular complexity index is 404. The topological polar surface area (TPSA) is 49.8 Å². The monoisotopic (exact) mass is 328 g/mol. The molecule has 0 aliphatic heterocycles. The summed E-state index contributed by atoms with van der Waals surface area (Å²) in [6.07, 6.45) is 2.74. The van der Waals surface area contributed by atoms with E-state index in [9.17, 15) is 0 Å². The van der Waals surface area contributed by atoms with Crippen LogP contribution in [-0.4, -0.2) is 19.9 Å². The molecule has 2 aromatic heterocycles. The maximum Gasteiger partial charge on any atom is 0.228 e. The Kier molecular flexibility index (Phi) is 4.32. The van der Waals surface area contributed by atoms with Gasteiger partial charge in [0.05, 0.1) is 0 Å². The normalized spacial score (nSPS) is 11.8. The second-order valence-electron chi connectivity index (χ2n) is 2.94. The predicted octanol–water partition coefficient (Wildman–Crippen LogP) is 3.82. The molecule has 17 heavy (non-hydrogen) atoms. The Hall–Kier alpha value is -0.270. The van der Waals surface area contributed by atoms with Gasteiger partial charge in [-0.25, -0.2) is 9.97 Å². The van der Waals surface area contributed by atoms with Crippen molar-refractivity contribution in [2.45, 2.75) is 9.96 Å². The van der Waals surface area contributed by atoms with E-state index in [0.717, 1.165) is 0 Å². The summed E-state index contributed by atoms with van der Waals surface area (Å²) in [5.41, 5.74) is 0. The highest BCUT2D eigenvalue weighted by Crippen LogP contribution is 2.33. The van der Waals surface area contributed by atoms with Crippen molar-refractivity contribution in [3.8, 4) is 0 Å². The highest BCUT2D eigenvalue weighted by Gasteiger charge is 2.33. The maximum atomic E-state index is 5.89. The molecule has 0 bridgehead atoms. The van der Waals surface area contributed by atoms with Crippen molar-refractivity contribution in [1.29, 1.82) is 0 Å². The predicted molar refractivity (Wildman–Crippen MR) is 75.6 cm³/mol. The standard InChI is InChI=1S/C8H7Cl3N4S2/c9-8(10,11)5(14-6-12-1-3-16-6)15-7-13-2-4-17-7/h1-5H,(H,12,14)(H,13,15). The molecule has 0 amide bonds. The van der Waals surface area contributed by atoms with Gasteiger partial charge >= 0.3 is 0 Å². The Morgan fingerprint density at radius 1 is 1.00 bits per heavy atom. The number of hydrogen-bond donors (Lipinski definition) is 2. The van der Waals surface area contributed by atoms with E-state index >= 15 is 0 Å². The molecule has 9 heteroatoms. The summed E-state index contributed by atoms with van der Waals surface area (Å²) in [6.45, 7) is 0. The van der Waals surface area contributed by atoms with Crippen molar-refractivity contribution in [1.82, 2.24) is 9.97 Å². The lowest BCUT2D eigenvalue weighted by atomic mass is 10.5. The molecule has 2 aromatic rings. The van der Waals surface area contributed by atoms with Gasteiger partial charge in [-0.2, -0.15) is 0 Å². The molecule has 0 radical (unpaired) electrons. The number of rotatable bonds is 4. The van der Waals surface area contributed by atoms with E-state index in [2.05, 4.69) is 20.6 Å². The number of aromatic nitrogens is 2. The van der Waals surface area contributed by atoms with Gasteiger partial charge in [0.15, 0.2) is 10.3 Å². The van der Waals surface area contributed by atoms with E-state index in [0.29, 0.717) is 10.3 Å². The first-order valence-corrected chi connectivity index (χ1v) is 7.34. The van der Waals surface area contributed by atoms with Crippen LogP contribution in [0.25, 0.3) is 0 Å². The number of anilines is 2. The fourth-order valence-electron chi connectivity index (χ4n) is 1.04. The SMILES string of the molecule is ClC(Cl)(Cl)C(Nc1nccs1)Nc1nccs1. The molecule has 0 aliphatic rings. The maximum absolute atomic E-state index is 5.89. The van der Waals surface area contributed by atoms with Gasteiger partial charge in [-0.3, -0.25) is 0 Å². The van der Waals surface area contributed by atoms with E-state index in [1.54, 1.807) is 12.4 Å². The van der Waals surface area contributed by atoms with Gasteiger partial charge in [0, 0.05) is 23.2 Å². The van der Waals surface area contributed by atoms with Crippen LogP contribution in [0.1, 0.15) is 0 Å². The Labute approximate surface area is 121 Å². The second kappa shape index (κ2) is 5.58. The molecule has 0 spiro atoms. The first-order valence-electron chi connectivity index (χ1n) is 4.44. The molecule has 4 nitrogen and oxygen atoms in total. The van der Waals surface area contributed by atoms with Crippen LogP contribution >= 0.6 is 57.5 Å². The van der Waals surface area contributed by atoms with Crippen LogP contribution < -0.4 is 10.6 Å². The third-order valence-corrected chi connectivity index (χ3v) is 3.79. The van der Waals surface area contributed by atoms with E-state index in [1.165, 1.54) is 22.7 Å². The van der Waals surface area contributed by atoms with Crippen LogP contribution in [0.2, 0.25) is 0 Å². The summed E-state index contributed by atoms with van der Waals surface area (Å²) in [7, 11) is 0. The summed E-state index contributed by atoms with van der Waals surface area (Å²) >= 11 is 20.5. The van der Waals surface area contributed by atoms with Crippen molar-refractivity contribution in [3.63, 3.8) is 0 Å². The second-order valence-corrected chi connectivity index (χ2v) is 7.10. The lowest BCUT2D eigenvalue weighted by Gasteiger charge is -2.25. The summed E-state index contributed by atoms with van der Waals surface area (Å²) in [5.74, 6) is 0. The average molecular weight is 330 g/mol. The van der Waals surface area contributed by atoms with Gasteiger partial charge in [-0.15, -0.1) is 22.7 Å². The van der Waals surface area contributed by atoms with Gasteiger partial charge in [0.2, 0.25) is 3.79 Å². The van der Waals surface area contributed by atoms with Crippen LogP contribution in [0.3, 0.4) is 0 Å². The molecule has 0 fully saturated rings. The molecule has 0 aromatic carbocycles. The zero-order chi connectivity index (χ0) is 12.3. The molecular weight excluding hydrogens is 323 g/mol. The Morgan fingerprint density at radius 3 is 1.76 bits per heavy atom. The van der Waals surface area contributed by atoms with E-state index in [4.69, 9.17) is 34.8 Å². The summed E-state index contributed by atoms with van der Waals surface area (Å²) in [6, 6.07) is 0. The lowest BCUT2D eigenvalue weighted by molar-refractivity contribution is 0.834. The summed E-state index contributed by atoms with van der Waals surface area (Å²) in [4.78, 5) is 8.15. The summed E-state index contributed by atoms with van der Waals surface area (Å²) < 4.78 is -1.52. The average Bonchev–Trinajstić information content (AvgIpc) is 2.87. The minimum atomic E-state index is -1.52. The minimum absolute atomic E-state index is 0.607. The van der Waals surface area contributed by atoms with Gasteiger partial charge in [0.1, 0.15) is 6.17 Å². The first kappa shape index (κ1) is 13.2. The van der Waals surface area contributed by atoms with Gasteiger partial charge in [-0.1, -0.05) is 34.8 Å². The quantitative estimate of drug-likeness (QED) is 0.661. The number of hydrogen-bond acceptors (Lipinski definition) is 6. The van der Waals surface area contributed by atoms with Crippen LogP contribution in [0.4, 0.5) is 10.3 Å². The number of nitrogens with one attached hydrogen (secondary N) is 2. The smallest absolute Gasteiger partial charge is 0.228 e. The molecule has 0 saturated carbocycles. The minimum Gasteiger partial charge on any atom is -0.338 e. The molecule has 0 aliphatic carbocycles. The van der Waals surface area contributed by atoms with Crippen LogP contribution in [-0.2, 0) is 0 Å². The van der Waals surface area contributed by atoms with Gasteiger partial charge in [0.25, 0.3) is 0 Å². The molecule has 2 heterocycles. The highest BCUT2D eigenvalue weighted by atomic mass is 35.6. The molecule has 2 rings (SSSR count). The van der Waals surface area contributed by atoms with Crippen molar-refractivity contribution in [2.24, 2.45) is 0 Å². The fourth-order valence-corrected chi connectivity index (χ4v) is 2.48. The van der Waals surface area contributed by atoms with Gasteiger partial charge < -0.3 is 10.6 Å². The van der Waals surface area contributed by atoms with Crippen LogP contribution in [0.5, 0.6) is 0 Å². The Morgan fingerprint density at radius 2 is 1.47 bits per heavy atom. The molecular formula is C8H7Cl3N4S2. The fraction of sp³-hybridized carbons (Fsp3) is 0.250.